The van der Waals surface area contributed by atoms with Gasteiger partial charge in [-0.2, -0.15) is 0 Å². The van der Waals surface area contributed by atoms with Crippen LogP contribution in [0.1, 0.15) is 30.9 Å². The third kappa shape index (κ3) is 6.62. The van der Waals surface area contributed by atoms with Crippen LogP contribution in [0.2, 0.25) is 5.02 Å². The van der Waals surface area contributed by atoms with Gasteiger partial charge in [-0.3, -0.25) is 0 Å². The zero-order valence-electron chi connectivity index (χ0n) is 16.2. The zero-order chi connectivity index (χ0) is 19.1. The summed E-state index contributed by atoms with van der Waals surface area (Å²) in [6, 6.07) is 18.6. The molecule has 146 valence electrons. The lowest BCUT2D eigenvalue weighted by Crippen LogP contribution is -2.47. The zero-order valence-corrected chi connectivity index (χ0v) is 16.9. The van der Waals surface area contributed by atoms with Gasteiger partial charge in [-0.1, -0.05) is 54.1 Å². The van der Waals surface area contributed by atoms with Crippen LogP contribution in [-0.4, -0.2) is 36.7 Å². The highest BCUT2D eigenvalue weighted by Crippen LogP contribution is 2.23. The van der Waals surface area contributed by atoms with Crippen molar-refractivity contribution in [3.8, 4) is 0 Å². The Hall–Kier alpha value is -1.39. The maximum absolute atomic E-state index is 6.41. The predicted octanol–water partition coefficient (Wildman–Crippen LogP) is 4.53. The molecule has 0 amide bonds. The first kappa shape index (κ1) is 20.3. The van der Waals surface area contributed by atoms with Gasteiger partial charge in [0, 0.05) is 17.6 Å². The number of hydrogen-bond donors (Lipinski definition) is 1. The highest BCUT2D eigenvalue weighted by molar-refractivity contribution is 6.30. The van der Waals surface area contributed by atoms with Crippen molar-refractivity contribution in [2.45, 2.75) is 44.9 Å². The standard InChI is InChI=1S/C23H31ClN2O/c1-18(27-17-21-5-3-2-4-6-21)23(25)16-26-13-11-20(12-14-26)15-19-7-9-22(24)10-8-19/h2-10,18,20,23H,11-17,25H2,1H3/t18-,23-/m1/s1. The molecule has 2 atom stereocenters. The van der Waals surface area contributed by atoms with Crippen molar-refractivity contribution in [3.05, 3.63) is 70.7 Å². The molecule has 27 heavy (non-hydrogen) atoms. The van der Waals surface area contributed by atoms with E-state index in [0.29, 0.717) is 6.61 Å². The first-order valence-corrected chi connectivity index (χ1v) is 10.4. The van der Waals surface area contributed by atoms with Gasteiger partial charge in [-0.15, -0.1) is 0 Å². The molecule has 0 saturated carbocycles. The average molecular weight is 387 g/mol. The summed E-state index contributed by atoms with van der Waals surface area (Å²) in [7, 11) is 0. The number of benzene rings is 2. The minimum atomic E-state index is 0.0431. The van der Waals surface area contributed by atoms with E-state index in [9.17, 15) is 0 Å². The van der Waals surface area contributed by atoms with Crippen molar-refractivity contribution in [1.29, 1.82) is 0 Å². The van der Waals surface area contributed by atoms with Crippen molar-refractivity contribution in [2.75, 3.05) is 19.6 Å². The second-order valence-electron chi connectivity index (χ2n) is 7.74. The normalized spacial score (nSPS) is 18.3. The van der Waals surface area contributed by atoms with Gasteiger partial charge < -0.3 is 15.4 Å². The monoisotopic (exact) mass is 386 g/mol. The molecule has 0 aliphatic carbocycles. The van der Waals surface area contributed by atoms with Crippen LogP contribution in [0.5, 0.6) is 0 Å². The number of nitrogens with two attached hydrogens (primary N) is 1. The van der Waals surface area contributed by atoms with Crippen molar-refractivity contribution < 1.29 is 4.74 Å². The van der Waals surface area contributed by atoms with Crippen LogP contribution in [0.3, 0.4) is 0 Å². The molecule has 1 saturated heterocycles. The summed E-state index contributed by atoms with van der Waals surface area (Å²) in [6.45, 7) is 5.86. The van der Waals surface area contributed by atoms with Gasteiger partial charge >= 0.3 is 0 Å². The van der Waals surface area contributed by atoms with Crippen LogP contribution in [0, 0.1) is 5.92 Å². The maximum atomic E-state index is 6.41. The van der Waals surface area contributed by atoms with Crippen LogP contribution < -0.4 is 5.73 Å². The molecular weight excluding hydrogens is 356 g/mol. The summed E-state index contributed by atoms with van der Waals surface area (Å²) in [6.07, 6.45) is 3.66. The molecule has 0 radical (unpaired) electrons. The van der Waals surface area contributed by atoms with Crippen LogP contribution in [0.15, 0.2) is 54.6 Å². The molecule has 2 aromatic carbocycles. The van der Waals surface area contributed by atoms with Crippen molar-refractivity contribution in [2.24, 2.45) is 11.7 Å². The Morgan fingerprint density at radius 1 is 1.04 bits per heavy atom. The molecule has 0 aromatic heterocycles. The third-order valence-corrected chi connectivity index (χ3v) is 5.82. The van der Waals surface area contributed by atoms with E-state index in [1.54, 1.807) is 0 Å². The number of hydrogen-bond acceptors (Lipinski definition) is 3. The van der Waals surface area contributed by atoms with Gasteiger partial charge in [-0.25, -0.2) is 0 Å². The van der Waals surface area contributed by atoms with Gasteiger partial charge in [0.1, 0.15) is 0 Å². The molecule has 2 N–H and O–H groups in total. The SMILES string of the molecule is C[C@@H](OCc1ccccc1)[C@H](N)CN1CCC(Cc2ccc(Cl)cc2)CC1. The van der Waals surface area contributed by atoms with Gasteiger partial charge in [0.05, 0.1) is 12.7 Å². The Labute approximate surface area is 168 Å². The molecule has 0 unspecified atom stereocenters. The molecule has 0 bridgehead atoms. The summed E-state index contributed by atoms with van der Waals surface area (Å²) < 4.78 is 5.98. The van der Waals surface area contributed by atoms with Gasteiger partial charge in [-0.05, 0) is 68.5 Å². The van der Waals surface area contributed by atoms with E-state index >= 15 is 0 Å². The van der Waals surface area contributed by atoms with E-state index in [1.807, 2.05) is 30.3 Å². The van der Waals surface area contributed by atoms with Crippen molar-refractivity contribution in [1.82, 2.24) is 4.90 Å². The summed E-state index contributed by atoms with van der Waals surface area (Å²) >= 11 is 5.98. The summed E-state index contributed by atoms with van der Waals surface area (Å²) in [5.41, 5.74) is 8.99. The molecule has 2 aromatic rings. The Morgan fingerprint density at radius 3 is 2.37 bits per heavy atom. The number of likely N-dealkylation sites (tertiary alicyclic amines) is 1. The van der Waals surface area contributed by atoms with E-state index in [1.165, 1.54) is 24.0 Å². The van der Waals surface area contributed by atoms with E-state index in [4.69, 9.17) is 22.1 Å². The Morgan fingerprint density at radius 2 is 1.70 bits per heavy atom. The van der Waals surface area contributed by atoms with E-state index in [2.05, 4.69) is 36.1 Å². The van der Waals surface area contributed by atoms with Crippen LogP contribution in [0.25, 0.3) is 0 Å². The second kappa shape index (κ2) is 10.2. The predicted molar refractivity (Wildman–Crippen MR) is 113 cm³/mol. The Bertz CT molecular complexity index is 669. The number of rotatable bonds is 8. The largest absolute Gasteiger partial charge is 0.372 e. The van der Waals surface area contributed by atoms with Crippen LogP contribution in [0.4, 0.5) is 0 Å². The highest BCUT2D eigenvalue weighted by Gasteiger charge is 2.23. The molecular formula is C23H31ClN2O. The first-order valence-electron chi connectivity index (χ1n) is 9.98. The van der Waals surface area contributed by atoms with Gasteiger partial charge in [0.2, 0.25) is 0 Å². The minimum Gasteiger partial charge on any atom is -0.372 e. The smallest absolute Gasteiger partial charge is 0.0721 e. The van der Waals surface area contributed by atoms with Gasteiger partial charge in [0.15, 0.2) is 0 Å². The molecule has 1 aliphatic heterocycles. The molecule has 0 spiro atoms. The number of nitrogens with zero attached hydrogens (tertiary/aromatic N) is 1. The molecule has 1 heterocycles. The quantitative estimate of drug-likeness (QED) is 0.724. The fraction of sp³-hybridized carbons (Fsp3) is 0.478. The lowest BCUT2D eigenvalue weighted by Gasteiger charge is -2.34. The maximum Gasteiger partial charge on any atom is 0.0721 e. The number of piperidine rings is 1. The topological polar surface area (TPSA) is 38.5 Å². The minimum absolute atomic E-state index is 0.0431. The van der Waals surface area contributed by atoms with Gasteiger partial charge in [0.25, 0.3) is 0 Å². The number of ether oxygens (including phenoxy) is 1. The van der Waals surface area contributed by atoms with Crippen molar-refractivity contribution >= 4 is 11.6 Å². The fourth-order valence-electron chi connectivity index (χ4n) is 3.70. The molecule has 1 aliphatic rings. The number of halogens is 1. The van der Waals surface area contributed by atoms with E-state index in [0.717, 1.165) is 37.0 Å². The lowest BCUT2D eigenvalue weighted by molar-refractivity contribution is 0.0240. The highest BCUT2D eigenvalue weighted by atomic mass is 35.5. The summed E-state index contributed by atoms with van der Waals surface area (Å²) in [4.78, 5) is 2.49. The van der Waals surface area contributed by atoms with Crippen LogP contribution >= 0.6 is 11.6 Å². The van der Waals surface area contributed by atoms with Crippen molar-refractivity contribution in [3.63, 3.8) is 0 Å². The van der Waals surface area contributed by atoms with Crippen LogP contribution in [-0.2, 0) is 17.8 Å². The summed E-state index contributed by atoms with van der Waals surface area (Å²) in [5.74, 6) is 0.755. The first-order chi connectivity index (χ1) is 13.1. The molecule has 1 fully saturated rings. The third-order valence-electron chi connectivity index (χ3n) is 5.57. The lowest BCUT2D eigenvalue weighted by atomic mass is 9.90. The molecule has 3 nitrogen and oxygen atoms in total. The second-order valence-corrected chi connectivity index (χ2v) is 8.18. The summed E-state index contributed by atoms with van der Waals surface area (Å²) in [5, 5.41) is 0.811. The molecule has 4 heteroatoms. The van der Waals surface area contributed by atoms with E-state index < -0.39 is 0 Å². The fourth-order valence-corrected chi connectivity index (χ4v) is 3.83. The Kier molecular flexibility index (Phi) is 7.71. The van der Waals surface area contributed by atoms with E-state index in [-0.39, 0.29) is 12.1 Å². The average Bonchev–Trinajstić information content (AvgIpc) is 2.70. The Balaban J connectivity index is 1.37. The molecule has 3 rings (SSSR count).